The maximum Gasteiger partial charge on any atom is 0.335 e. The van der Waals surface area contributed by atoms with E-state index in [4.69, 9.17) is 5.11 Å². The summed E-state index contributed by atoms with van der Waals surface area (Å²) >= 11 is 5.09. The van der Waals surface area contributed by atoms with E-state index in [1.54, 1.807) is 23.5 Å². The van der Waals surface area contributed by atoms with E-state index in [1.165, 1.54) is 4.88 Å². The maximum absolute atomic E-state index is 10.9. The predicted molar refractivity (Wildman–Crippen MR) is 83.1 cm³/mol. The molecule has 0 fully saturated rings. The minimum absolute atomic E-state index is 0.293. The summed E-state index contributed by atoms with van der Waals surface area (Å²) in [5.41, 5.74) is 4.29. The smallest absolute Gasteiger partial charge is 0.335 e. The van der Waals surface area contributed by atoms with Crippen LogP contribution in [0, 0.1) is 6.92 Å². The van der Waals surface area contributed by atoms with Crippen LogP contribution in [0.1, 0.15) is 26.5 Å². The van der Waals surface area contributed by atoms with Crippen molar-refractivity contribution in [3.63, 3.8) is 0 Å². The van der Waals surface area contributed by atoms with Gasteiger partial charge >= 0.3 is 5.97 Å². The van der Waals surface area contributed by atoms with E-state index in [0.717, 1.165) is 28.8 Å². The number of carbonyl (C=O) groups is 1. The lowest BCUT2D eigenvalue weighted by Crippen LogP contribution is -2.17. The molecule has 1 aromatic heterocycles. The van der Waals surface area contributed by atoms with Gasteiger partial charge < -0.3 is 5.11 Å². The third-order valence-corrected chi connectivity index (χ3v) is 4.66. The summed E-state index contributed by atoms with van der Waals surface area (Å²) in [7, 11) is 2.04. The van der Waals surface area contributed by atoms with E-state index < -0.39 is 5.97 Å². The van der Waals surface area contributed by atoms with Gasteiger partial charge in [-0.25, -0.2) is 9.78 Å². The highest BCUT2D eigenvalue weighted by molar-refractivity contribution is 9.10. The number of aromatic carboxylic acids is 1. The van der Waals surface area contributed by atoms with E-state index in [0.29, 0.717) is 5.56 Å². The topological polar surface area (TPSA) is 53.4 Å². The van der Waals surface area contributed by atoms with Crippen molar-refractivity contribution in [2.45, 2.75) is 20.0 Å². The first-order valence-corrected chi connectivity index (χ1v) is 7.74. The van der Waals surface area contributed by atoms with Crippen molar-refractivity contribution in [1.29, 1.82) is 0 Å². The molecule has 0 bridgehead atoms. The Morgan fingerprint density at radius 2 is 2.20 bits per heavy atom. The van der Waals surface area contributed by atoms with Gasteiger partial charge in [0.2, 0.25) is 0 Å². The van der Waals surface area contributed by atoms with Crippen molar-refractivity contribution in [3.8, 4) is 0 Å². The molecule has 1 aromatic carbocycles. The van der Waals surface area contributed by atoms with Crippen molar-refractivity contribution in [2.24, 2.45) is 0 Å². The Hall–Kier alpha value is -1.24. The van der Waals surface area contributed by atoms with Gasteiger partial charge in [-0.05, 0) is 31.7 Å². The van der Waals surface area contributed by atoms with Gasteiger partial charge in [-0.15, -0.1) is 11.3 Å². The number of hydrogen-bond acceptors (Lipinski definition) is 4. The highest BCUT2D eigenvalue weighted by atomic mass is 79.9. The molecule has 0 aliphatic heterocycles. The fourth-order valence-electron chi connectivity index (χ4n) is 1.88. The Morgan fingerprint density at radius 3 is 2.75 bits per heavy atom. The first-order chi connectivity index (χ1) is 9.47. The van der Waals surface area contributed by atoms with E-state index in [1.807, 2.05) is 25.5 Å². The molecule has 0 unspecified atom stereocenters. The molecule has 106 valence electrons. The van der Waals surface area contributed by atoms with Crippen LogP contribution >= 0.6 is 27.3 Å². The Bertz CT molecular complexity index is 627. The Morgan fingerprint density at radius 1 is 1.45 bits per heavy atom. The van der Waals surface area contributed by atoms with Gasteiger partial charge in [-0.3, -0.25) is 4.90 Å². The van der Waals surface area contributed by atoms with Crippen molar-refractivity contribution in [3.05, 3.63) is 49.9 Å². The van der Waals surface area contributed by atoms with Gasteiger partial charge in [0, 0.05) is 22.4 Å². The lowest BCUT2D eigenvalue weighted by Gasteiger charge is -2.17. The van der Waals surface area contributed by atoms with Gasteiger partial charge in [-0.1, -0.05) is 22.0 Å². The first kappa shape index (κ1) is 15.2. The average molecular weight is 355 g/mol. The lowest BCUT2D eigenvalue weighted by atomic mass is 10.1. The van der Waals surface area contributed by atoms with Crippen molar-refractivity contribution < 1.29 is 9.90 Å². The Kier molecular flexibility index (Phi) is 4.91. The molecule has 0 amide bonds. The lowest BCUT2D eigenvalue weighted by molar-refractivity contribution is 0.0697. The van der Waals surface area contributed by atoms with E-state index in [9.17, 15) is 4.79 Å². The van der Waals surface area contributed by atoms with E-state index in [2.05, 4.69) is 25.8 Å². The molecule has 4 nitrogen and oxygen atoms in total. The number of carboxylic acid groups (broad SMARTS) is 1. The van der Waals surface area contributed by atoms with Crippen molar-refractivity contribution >= 4 is 33.2 Å². The molecule has 0 aliphatic carbocycles. The number of hydrogen-bond donors (Lipinski definition) is 1. The largest absolute Gasteiger partial charge is 0.478 e. The van der Waals surface area contributed by atoms with Crippen LogP contribution in [0.4, 0.5) is 0 Å². The quantitative estimate of drug-likeness (QED) is 0.891. The fourth-order valence-corrected chi connectivity index (χ4v) is 3.24. The predicted octanol–water partition coefficient (Wildman–Crippen LogP) is 3.54. The summed E-state index contributed by atoms with van der Waals surface area (Å²) in [4.78, 5) is 18.6. The molecule has 0 aliphatic rings. The number of halogens is 1. The summed E-state index contributed by atoms with van der Waals surface area (Å²) in [6.45, 7) is 3.60. The Labute approximate surface area is 130 Å². The zero-order chi connectivity index (χ0) is 14.7. The number of benzene rings is 1. The van der Waals surface area contributed by atoms with Crippen LogP contribution in [-0.2, 0) is 13.1 Å². The van der Waals surface area contributed by atoms with E-state index in [-0.39, 0.29) is 0 Å². The molecule has 0 radical (unpaired) electrons. The molecule has 1 heterocycles. The second kappa shape index (κ2) is 6.47. The van der Waals surface area contributed by atoms with Crippen LogP contribution < -0.4 is 0 Å². The molecule has 0 spiro atoms. The molecule has 2 rings (SSSR count). The second-order valence-corrected chi connectivity index (χ2v) is 6.44. The second-order valence-electron chi connectivity index (χ2n) is 4.64. The van der Waals surface area contributed by atoms with Gasteiger partial charge in [0.25, 0.3) is 0 Å². The van der Waals surface area contributed by atoms with Gasteiger partial charge in [0.1, 0.15) is 0 Å². The van der Waals surface area contributed by atoms with Crippen molar-refractivity contribution in [2.75, 3.05) is 7.05 Å². The van der Waals surface area contributed by atoms with Gasteiger partial charge in [0.05, 0.1) is 16.8 Å². The normalized spacial score (nSPS) is 11.0. The summed E-state index contributed by atoms with van der Waals surface area (Å²) in [6.07, 6.45) is 0. The minimum atomic E-state index is -0.911. The third-order valence-electron chi connectivity index (χ3n) is 3.00. The number of nitrogens with zero attached hydrogens (tertiary/aromatic N) is 2. The van der Waals surface area contributed by atoms with Crippen LogP contribution in [-0.4, -0.2) is 28.0 Å². The molecular weight excluding hydrogens is 340 g/mol. The molecule has 2 aromatic rings. The van der Waals surface area contributed by atoms with Crippen LogP contribution in [0.5, 0.6) is 0 Å². The number of carboxylic acids is 1. The number of rotatable bonds is 5. The van der Waals surface area contributed by atoms with E-state index >= 15 is 0 Å². The summed E-state index contributed by atoms with van der Waals surface area (Å²) < 4.78 is 0.824. The summed E-state index contributed by atoms with van der Waals surface area (Å²) in [5, 5.41) is 8.95. The minimum Gasteiger partial charge on any atom is -0.478 e. The average Bonchev–Trinajstić information content (AvgIpc) is 2.77. The number of aryl methyl sites for hydroxylation is 1. The number of thiazole rings is 1. The fraction of sp³-hybridized carbons (Fsp3) is 0.286. The monoisotopic (exact) mass is 354 g/mol. The van der Waals surface area contributed by atoms with Crippen LogP contribution in [0.25, 0.3) is 0 Å². The maximum atomic E-state index is 10.9. The van der Waals surface area contributed by atoms with Gasteiger partial charge in [0.15, 0.2) is 0 Å². The molecule has 6 heteroatoms. The molecule has 0 atom stereocenters. The molecular formula is C14H15BrN2O2S. The molecule has 0 saturated heterocycles. The van der Waals surface area contributed by atoms with Crippen LogP contribution in [0.15, 0.2) is 28.2 Å². The van der Waals surface area contributed by atoms with Gasteiger partial charge in [-0.2, -0.15) is 0 Å². The Balaban J connectivity index is 2.06. The summed E-state index contributed by atoms with van der Waals surface area (Å²) in [6, 6.07) is 5.13. The first-order valence-electron chi connectivity index (χ1n) is 6.06. The zero-order valence-corrected chi connectivity index (χ0v) is 13.7. The zero-order valence-electron chi connectivity index (χ0n) is 11.3. The third kappa shape index (κ3) is 3.65. The number of aromatic nitrogens is 1. The molecule has 20 heavy (non-hydrogen) atoms. The van der Waals surface area contributed by atoms with Crippen LogP contribution in [0.3, 0.4) is 0 Å². The SMILES string of the molecule is Cc1ncsc1CN(C)Cc1ccc(C(=O)O)cc1Br. The van der Waals surface area contributed by atoms with Crippen molar-refractivity contribution in [1.82, 2.24) is 9.88 Å². The van der Waals surface area contributed by atoms with Crippen LogP contribution in [0.2, 0.25) is 0 Å². The summed E-state index contributed by atoms with van der Waals surface area (Å²) in [5.74, 6) is -0.911. The molecule has 0 saturated carbocycles. The highest BCUT2D eigenvalue weighted by Gasteiger charge is 2.10. The highest BCUT2D eigenvalue weighted by Crippen LogP contribution is 2.22. The molecule has 1 N–H and O–H groups in total. The standard InChI is InChI=1S/C14H15BrN2O2S/c1-9-13(20-8-16-9)7-17(2)6-11-4-3-10(14(18)19)5-12(11)15/h3-5,8H,6-7H2,1-2H3,(H,18,19).